The Hall–Kier alpha value is -3.25. The van der Waals surface area contributed by atoms with Gasteiger partial charge in [0.05, 0.1) is 32.6 Å². The molecule has 0 saturated carbocycles. The summed E-state index contributed by atoms with van der Waals surface area (Å²) in [7, 11) is 0. The van der Waals surface area contributed by atoms with Crippen LogP contribution in [0.2, 0.25) is 0 Å². The zero-order valence-corrected chi connectivity index (χ0v) is 18.6. The van der Waals surface area contributed by atoms with Crippen molar-refractivity contribution in [3.05, 3.63) is 78.3 Å². The van der Waals surface area contributed by atoms with Crippen molar-refractivity contribution in [1.29, 1.82) is 0 Å². The first kappa shape index (κ1) is 22.0. The number of carbonyl (C=O) groups excluding carboxylic acids is 1. The average molecular weight is 435 g/mol. The third kappa shape index (κ3) is 5.32. The summed E-state index contributed by atoms with van der Waals surface area (Å²) >= 11 is 0. The molecule has 1 aromatic heterocycles. The Morgan fingerprint density at radius 2 is 1.78 bits per heavy atom. The first-order valence-corrected chi connectivity index (χ1v) is 11.1. The minimum Gasteiger partial charge on any atom is -0.490 e. The van der Waals surface area contributed by atoms with E-state index in [9.17, 15) is 4.79 Å². The molecule has 1 amide bonds. The predicted molar refractivity (Wildman–Crippen MR) is 124 cm³/mol. The van der Waals surface area contributed by atoms with Crippen molar-refractivity contribution in [2.45, 2.75) is 32.9 Å². The van der Waals surface area contributed by atoms with Crippen LogP contribution in [-0.2, 0) is 11.3 Å². The van der Waals surface area contributed by atoms with E-state index in [-0.39, 0.29) is 24.4 Å². The van der Waals surface area contributed by atoms with E-state index in [1.807, 2.05) is 60.7 Å². The molecule has 0 spiro atoms. The number of para-hydroxylation sites is 1. The molecule has 0 unspecified atom stereocenters. The molecule has 2 heterocycles. The molecule has 4 rings (SSSR count). The number of carbonyl (C=O) groups is 1. The van der Waals surface area contributed by atoms with Crippen LogP contribution >= 0.6 is 0 Å². The minimum atomic E-state index is -0.0207. The smallest absolute Gasteiger partial charge is 0.241 e. The van der Waals surface area contributed by atoms with Crippen LogP contribution in [0.4, 0.5) is 5.69 Å². The van der Waals surface area contributed by atoms with Gasteiger partial charge in [-0.25, -0.2) is 0 Å². The molecule has 2 aromatic carbocycles. The van der Waals surface area contributed by atoms with Crippen LogP contribution in [0, 0.1) is 5.92 Å². The van der Waals surface area contributed by atoms with Crippen LogP contribution in [-0.4, -0.2) is 25.7 Å². The molecule has 0 saturated heterocycles. The second-order valence-electron chi connectivity index (χ2n) is 8.25. The predicted octanol–water partition coefficient (Wildman–Crippen LogP) is 4.96. The summed E-state index contributed by atoms with van der Waals surface area (Å²) in [5, 5.41) is 3.47. The molecule has 1 aliphatic heterocycles. The van der Waals surface area contributed by atoms with E-state index < -0.39 is 0 Å². The van der Waals surface area contributed by atoms with Crippen LogP contribution in [0.3, 0.4) is 0 Å². The molecule has 3 aromatic rings. The number of hydrogen-bond acceptors (Lipinski definition) is 5. The summed E-state index contributed by atoms with van der Waals surface area (Å²) in [4.78, 5) is 15.0. The molecule has 6 nitrogen and oxygen atoms in total. The van der Waals surface area contributed by atoms with Crippen molar-refractivity contribution < 1.29 is 18.7 Å². The van der Waals surface area contributed by atoms with Gasteiger partial charge in [-0.1, -0.05) is 38.1 Å². The van der Waals surface area contributed by atoms with Gasteiger partial charge in [-0.15, -0.1) is 0 Å². The van der Waals surface area contributed by atoms with Gasteiger partial charge in [-0.05, 0) is 47.9 Å². The highest BCUT2D eigenvalue weighted by Crippen LogP contribution is 2.34. The van der Waals surface area contributed by atoms with Gasteiger partial charge in [0, 0.05) is 18.2 Å². The lowest BCUT2D eigenvalue weighted by Gasteiger charge is -2.27. The van der Waals surface area contributed by atoms with Crippen molar-refractivity contribution in [2.75, 3.05) is 24.7 Å². The quantitative estimate of drug-likeness (QED) is 0.543. The molecular formula is C26H30N2O4. The Morgan fingerprint density at radius 3 is 2.50 bits per heavy atom. The van der Waals surface area contributed by atoms with Gasteiger partial charge < -0.3 is 24.1 Å². The van der Waals surface area contributed by atoms with Crippen LogP contribution in [0.5, 0.6) is 11.5 Å². The standard InChI is InChI=1S/C26H30N2O4/c1-19(2)26(20-11-12-23-24(16-20)32-15-7-14-31-23)27-17-25(29)28(18-22-10-6-13-30-22)21-8-4-3-5-9-21/h3-6,8-13,16,19,26-27H,7,14-15,17-18H2,1-2H3/t26-/m1/s1. The van der Waals surface area contributed by atoms with Crippen molar-refractivity contribution >= 4 is 11.6 Å². The second kappa shape index (κ2) is 10.4. The summed E-state index contributed by atoms with van der Waals surface area (Å²) in [6.07, 6.45) is 2.50. The number of benzene rings is 2. The first-order valence-electron chi connectivity index (χ1n) is 11.1. The van der Waals surface area contributed by atoms with Crippen molar-refractivity contribution in [3.8, 4) is 11.5 Å². The summed E-state index contributed by atoms with van der Waals surface area (Å²) in [6.45, 7) is 6.18. The number of rotatable bonds is 8. The van der Waals surface area contributed by atoms with Crippen molar-refractivity contribution in [1.82, 2.24) is 5.32 Å². The lowest BCUT2D eigenvalue weighted by atomic mass is 9.95. The highest BCUT2D eigenvalue weighted by atomic mass is 16.5. The number of nitrogens with zero attached hydrogens (tertiary/aromatic N) is 1. The lowest BCUT2D eigenvalue weighted by molar-refractivity contribution is -0.118. The Kier molecular flexibility index (Phi) is 7.12. The number of nitrogens with one attached hydrogen (secondary N) is 1. The molecule has 0 fully saturated rings. The highest BCUT2D eigenvalue weighted by molar-refractivity contribution is 5.94. The number of ether oxygens (including phenoxy) is 2. The number of anilines is 1. The summed E-state index contributed by atoms with van der Waals surface area (Å²) in [5.41, 5.74) is 1.92. The SMILES string of the molecule is CC(C)[C@@H](NCC(=O)N(Cc1ccco1)c1ccccc1)c1ccc2c(c1)OCCCO2. The van der Waals surface area contributed by atoms with E-state index in [1.165, 1.54) is 0 Å². The van der Waals surface area contributed by atoms with Crippen LogP contribution in [0.1, 0.15) is 37.6 Å². The molecular weight excluding hydrogens is 404 g/mol. The zero-order chi connectivity index (χ0) is 22.3. The number of fused-ring (bicyclic) bond motifs is 1. The van der Waals surface area contributed by atoms with Gasteiger partial charge in [0.25, 0.3) is 0 Å². The fourth-order valence-electron chi connectivity index (χ4n) is 3.89. The summed E-state index contributed by atoms with van der Waals surface area (Å²) < 4.78 is 17.1. The number of furan rings is 1. The van der Waals surface area contributed by atoms with E-state index in [0.29, 0.717) is 19.8 Å². The van der Waals surface area contributed by atoms with E-state index >= 15 is 0 Å². The van der Waals surface area contributed by atoms with Gasteiger partial charge in [-0.2, -0.15) is 0 Å². The Morgan fingerprint density at radius 1 is 1.00 bits per heavy atom. The van der Waals surface area contributed by atoms with Crippen LogP contribution < -0.4 is 19.7 Å². The summed E-state index contributed by atoms with van der Waals surface area (Å²) in [5.74, 6) is 2.54. The van der Waals surface area contributed by atoms with E-state index in [4.69, 9.17) is 13.9 Å². The molecule has 1 N–H and O–H groups in total. The largest absolute Gasteiger partial charge is 0.490 e. The van der Waals surface area contributed by atoms with Gasteiger partial charge in [0.15, 0.2) is 11.5 Å². The maximum absolute atomic E-state index is 13.3. The van der Waals surface area contributed by atoms with E-state index in [0.717, 1.165) is 34.9 Å². The monoisotopic (exact) mass is 434 g/mol. The lowest BCUT2D eigenvalue weighted by Crippen LogP contribution is -2.40. The molecule has 32 heavy (non-hydrogen) atoms. The van der Waals surface area contributed by atoms with Crippen LogP contribution in [0.25, 0.3) is 0 Å². The van der Waals surface area contributed by atoms with Crippen LogP contribution in [0.15, 0.2) is 71.3 Å². The van der Waals surface area contributed by atoms with Crippen molar-refractivity contribution in [2.24, 2.45) is 5.92 Å². The number of amides is 1. The molecule has 0 bridgehead atoms. The maximum Gasteiger partial charge on any atom is 0.241 e. The third-order valence-corrected chi connectivity index (χ3v) is 5.53. The van der Waals surface area contributed by atoms with Crippen molar-refractivity contribution in [3.63, 3.8) is 0 Å². The maximum atomic E-state index is 13.3. The Labute approximate surface area is 189 Å². The molecule has 168 valence electrons. The minimum absolute atomic E-state index is 0.00246. The fraction of sp³-hybridized carbons (Fsp3) is 0.346. The molecule has 1 aliphatic rings. The molecule has 6 heteroatoms. The second-order valence-corrected chi connectivity index (χ2v) is 8.25. The zero-order valence-electron chi connectivity index (χ0n) is 18.6. The number of hydrogen-bond donors (Lipinski definition) is 1. The average Bonchev–Trinajstić information content (AvgIpc) is 3.21. The van der Waals surface area contributed by atoms with Gasteiger partial charge >= 0.3 is 0 Å². The van der Waals surface area contributed by atoms with E-state index in [2.05, 4.69) is 19.2 Å². The molecule has 1 atom stereocenters. The first-order chi connectivity index (χ1) is 15.6. The fourth-order valence-corrected chi connectivity index (χ4v) is 3.89. The third-order valence-electron chi connectivity index (χ3n) is 5.53. The normalized spacial score (nSPS) is 14.1. The highest BCUT2D eigenvalue weighted by Gasteiger charge is 2.22. The van der Waals surface area contributed by atoms with E-state index in [1.54, 1.807) is 11.2 Å². The Balaban J connectivity index is 1.49. The topological polar surface area (TPSA) is 63.9 Å². The Bertz CT molecular complexity index is 1000. The van der Waals surface area contributed by atoms with Gasteiger partial charge in [0.2, 0.25) is 5.91 Å². The van der Waals surface area contributed by atoms with Gasteiger partial charge in [-0.3, -0.25) is 4.79 Å². The van der Waals surface area contributed by atoms with Gasteiger partial charge in [0.1, 0.15) is 5.76 Å². The molecule has 0 radical (unpaired) electrons. The summed E-state index contributed by atoms with van der Waals surface area (Å²) in [6, 6.07) is 19.4. The molecule has 0 aliphatic carbocycles.